The molecule has 6 aliphatic carbocycles. The molecule has 296 valence electrons. The van der Waals surface area contributed by atoms with E-state index in [4.69, 9.17) is 0 Å². The van der Waals surface area contributed by atoms with Crippen LogP contribution in [0.3, 0.4) is 0 Å². The first-order chi connectivity index (χ1) is 25.3. The second-order valence-corrected chi connectivity index (χ2v) is 20.3. The second-order valence-electron chi connectivity index (χ2n) is 19.1. The average molecular weight is 865 g/mol. The quantitative estimate of drug-likeness (QED) is 0.269. The van der Waals surface area contributed by atoms with Crippen LogP contribution in [-0.2, 0) is 35.1 Å². The average Bonchev–Trinajstić information content (AvgIpc) is 3.81. The molecule has 0 bridgehead atoms. The molecule has 6 aliphatic rings. The minimum absolute atomic E-state index is 0. The smallest absolute Gasteiger partial charge is 0.00455 e. The summed E-state index contributed by atoms with van der Waals surface area (Å²) < 4.78 is 1.58. The molecule has 0 heterocycles. The van der Waals surface area contributed by atoms with Gasteiger partial charge in [0.15, 0.2) is 0 Å². The first-order valence-corrected chi connectivity index (χ1v) is 21.4. The predicted molar refractivity (Wildman–Crippen MR) is 244 cm³/mol. The van der Waals surface area contributed by atoms with E-state index in [2.05, 4.69) is 229 Å². The summed E-state index contributed by atoms with van der Waals surface area (Å²) in [6.45, 7) is 29.7. The number of fused-ring (bicyclic) bond motifs is 8. The van der Waals surface area contributed by atoms with Gasteiger partial charge in [-0.1, -0.05) is 115 Å². The van der Waals surface area contributed by atoms with Crippen LogP contribution in [-0.4, -0.2) is 3.21 Å². The van der Waals surface area contributed by atoms with Crippen LogP contribution < -0.4 is 0 Å². The molecule has 8 rings (SSSR count). The third-order valence-electron chi connectivity index (χ3n) is 16.9. The number of allylic oxidation sites excluding steroid dienone is 16. The van der Waals surface area contributed by atoms with Gasteiger partial charge < -0.3 is 6.42 Å². The molecule has 2 fully saturated rings. The van der Waals surface area contributed by atoms with Crippen molar-refractivity contribution in [1.82, 2.24) is 0 Å². The van der Waals surface area contributed by atoms with Crippen molar-refractivity contribution in [3.8, 4) is 0 Å². The monoisotopic (exact) mass is 862 g/mol. The summed E-state index contributed by atoms with van der Waals surface area (Å²) in [5.41, 5.74) is 4.72. The zero-order valence-corrected chi connectivity index (χ0v) is 40.1. The van der Waals surface area contributed by atoms with Gasteiger partial charge in [-0.05, 0) is 28.6 Å². The Morgan fingerprint density at radius 2 is 1.09 bits per heavy atom. The van der Waals surface area contributed by atoms with Crippen molar-refractivity contribution in [2.45, 2.75) is 100 Å². The maximum Gasteiger partial charge on any atom is 0.00455 e. The van der Waals surface area contributed by atoms with E-state index in [0.717, 1.165) is 6.42 Å². The fraction of sp³-hybridized carbons (Fsp3) is 0.434. The first kappa shape index (κ1) is 46.4. The van der Waals surface area contributed by atoms with Crippen LogP contribution in [0.25, 0.3) is 0 Å². The van der Waals surface area contributed by atoms with Crippen molar-refractivity contribution < 1.29 is 24.2 Å². The van der Waals surface area contributed by atoms with E-state index in [-0.39, 0.29) is 73.5 Å². The first-order valence-electron chi connectivity index (χ1n) is 20.1. The Morgan fingerprint density at radius 3 is 1.52 bits per heavy atom. The van der Waals surface area contributed by atoms with Crippen LogP contribution in [0.2, 0.25) is 0 Å². The van der Waals surface area contributed by atoms with E-state index in [1.54, 1.807) is 3.21 Å². The van der Waals surface area contributed by atoms with Crippen molar-refractivity contribution in [3.05, 3.63) is 175 Å². The fourth-order valence-electron chi connectivity index (χ4n) is 12.4. The molecule has 0 nitrogen and oxygen atoms in total. The van der Waals surface area contributed by atoms with Gasteiger partial charge in [0.1, 0.15) is 0 Å². The van der Waals surface area contributed by atoms with E-state index in [9.17, 15) is 0 Å². The van der Waals surface area contributed by atoms with Gasteiger partial charge in [0.25, 0.3) is 0 Å². The molecular weight excluding hydrogens is 799 g/mol. The number of benzene rings is 2. The van der Waals surface area contributed by atoms with Crippen LogP contribution in [0, 0.1) is 56.3 Å². The molecule has 0 amide bonds. The molecule has 2 aromatic carbocycles. The fourth-order valence-corrected chi connectivity index (χ4v) is 13.1. The Balaban J connectivity index is 0.000000225. The van der Waals surface area contributed by atoms with Crippen molar-refractivity contribution >= 4 is 28.0 Å². The van der Waals surface area contributed by atoms with Gasteiger partial charge in [0.2, 0.25) is 0 Å². The molecule has 0 saturated heterocycles. The standard InChI is InChI=1S/C29H37.C19H22.C5H5.2ClH.Zr/c1-21-14-13-15-22-20-27(6)25(4)18-10-9-16-23(25,2)24(3)17-11-12-19-26(24,5)29(27,8)28(21,22)7;1-18(2,16-11-7-5-8-12-16)15-19(3,4)17-13-9-6-10-14-17;1-2-4-5-3-1;;;/h9-20,22H,1-8H3;5-14H,1-4H3;1-3H,4H2;2*1H;/q-1;;-1;;;+2. The maximum atomic E-state index is 2.99. The van der Waals surface area contributed by atoms with Crippen LogP contribution in [0.4, 0.5) is 0 Å². The molecule has 0 aromatic heterocycles. The van der Waals surface area contributed by atoms with Crippen LogP contribution in [0.5, 0.6) is 0 Å². The minimum atomic E-state index is 0. The summed E-state index contributed by atoms with van der Waals surface area (Å²) in [6, 6.07) is 21.7. The Hall–Kier alpha value is -2.31. The van der Waals surface area contributed by atoms with E-state index in [1.807, 2.05) is 12.2 Å². The van der Waals surface area contributed by atoms with Gasteiger partial charge in [0.05, 0.1) is 0 Å². The Labute approximate surface area is 368 Å². The van der Waals surface area contributed by atoms with Crippen molar-refractivity contribution in [3.63, 3.8) is 0 Å². The largest absolute Gasteiger partial charge is 0.314 e. The molecule has 0 radical (unpaired) electrons. The Kier molecular flexibility index (Phi) is 13.3. The van der Waals surface area contributed by atoms with E-state index >= 15 is 0 Å². The Bertz CT molecular complexity index is 1940. The molecule has 8 unspecified atom stereocenters. The summed E-state index contributed by atoms with van der Waals surface area (Å²) in [6.07, 6.45) is 39.3. The molecule has 56 heavy (non-hydrogen) atoms. The number of hydrogen-bond donors (Lipinski definition) is 0. The number of hydrogen-bond acceptors (Lipinski definition) is 0. The zero-order chi connectivity index (χ0) is 39.5. The van der Waals surface area contributed by atoms with E-state index in [0.29, 0.717) is 5.92 Å². The van der Waals surface area contributed by atoms with Gasteiger partial charge in [-0.15, -0.1) is 48.6 Å². The number of halogens is 2. The molecule has 0 N–H and O–H groups in total. The second kappa shape index (κ2) is 16.0. The Morgan fingerprint density at radius 1 is 0.643 bits per heavy atom. The third kappa shape index (κ3) is 6.17. The van der Waals surface area contributed by atoms with Gasteiger partial charge in [-0.2, -0.15) is 6.08 Å². The minimum Gasteiger partial charge on any atom is -0.314 e. The molecule has 0 aliphatic heterocycles. The van der Waals surface area contributed by atoms with Crippen molar-refractivity contribution in [1.29, 1.82) is 0 Å². The number of rotatable bonds is 4. The third-order valence-corrected chi connectivity index (χ3v) is 19.9. The van der Waals surface area contributed by atoms with E-state index in [1.165, 1.54) is 40.9 Å². The molecule has 2 aromatic rings. The van der Waals surface area contributed by atoms with Gasteiger partial charge >= 0.3 is 138 Å². The van der Waals surface area contributed by atoms with Crippen molar-refractivity contribution in [2.75, 3.05) is 0 Å². The molecule has 0 spiro atoms. The van der Waals surface area contributed by atoms with Crippen LogP contribution >= 0.6 is 24.8 Å². The normalized spacial score (nSPS) is 36.5. The SMILES string of the molecule is CC(C)([C](=[Zr+2])C(C)(C)c1ccccc1)c1ccccc1.CC1=CC=CC2[CH-]C3(C)C4(C)C=CC=CC4(C)C4(C)C=CC=CC4(C)C3(C)C12C.Cl.Cl.[C-]1=CC=CC1. The maximum absolute atomic E-state index is 2.99. The predicted octanol–water partition coefficient (Wildman–Crippen LogP) is 14.5. The van der Waals surface area contributed by atoms with Crippen LogP contribution in [0.1, 0.15) is 101 Å². The van der Waals surface area contributed by atoms with Gasteiger partial charge in [0, 0.05) is 10.8 Å². The summed E-state index contributed by atoms with van der Waals surface area (Å²) in [7, 11) is 0. The molecular formula is C53H66Cl2Zr. The molecule has 3 heteroatoms. The van der Waals surface area contributed by atoms with Crippen LogP contribution in [0.15, 0.2) is 151 Å². The topological polar surface area (TPSA) is 0 Å². The summed E-state index contributed by atoms with van der Waals surface area (Å²) >= 11 is 1.51. The summed E-state index contributed by atoms with van der Waals surface area (Å²) in [5.74, 6) is 0.460. The molecule has 2 saturated carbocycles. The van der Waals surface area contributed by atoms with Gasteiger partial charge in [-0.25, -0.2) is 12.2 Å². The van der Waals surface area contributed by atoms with Crippen molar-refractivity contribution in [2.24, 2.45) is 43.8 Å². The molecule has 8 atom stereocenters. The summed E-state index contributed by atoms with van der Waals surface area (Å²) in [5, 5.41) is 0. The summed E-state index contributed by atoms with van der Waals surface area (Å²) in [4.78, 5) is 0. The van der Waals surface area contributed by atoms with Gasteiger partial charge in [-0.3, -0.25) is 6.08 Å². The van der Waals surface area contributed by atoms with E-state index < -0.39 is 0 Å². The zero-order valence-electron chi connectivity index (χ0n) is 36.0.